The van der Waals surface area contributed by atoms with Crippen molar-refractivity contribution in [3.05, 3.63) is 34.7 Å². The molecule has 1 saturated heterocycles. The van der Waals surface area contributed by atoms with Crippen LogP contribution in [0.4, 0.5) is 5.13 Å². The molecule has 1 aliphatic carbocycles. The molecule has 0 spiro atoms. The minimum Gasteiger partial charge on any atom is -0.302 e. The summed E-state index contributed by atoms with van der Waals surface area (Å²) >= 11 is 1.45. The van der Waals surface area contributed by atoms with E-state index in [0.717, 1.165) is 29.0 Å². The van der Waals surface area contributed by atoms with Crippen LogP contribution in [0.25, 0.3) is 11.3 Å². The van der Waals surface area contributed by atoms with E-state index in [4.69, 9.17) is 0 Å². The number of amides is 3. The number of hydrogen-bond donors (Lipinski definition) is 1. The van der Waals surface area contributed by atoms with E-state index in [9.17, 15) is 14.4 Å². The van der Waals surface area contributed by atoms with Crippen molar-refractivity contribution in [2.75, 3.05) is 11.9 Å². The summed E-state index contributed by atoms with van der Waals surface area (Å²) in [7, 11) is 0. The summed E-state index contributed by atoms with van der Waals surface area (Å²) in [5.41, 5.74) is 2.27. The first kappa shape index (κ1) is 22.6. The first-order chi connectivity index (χ1) is 15.0. The lowest BCUT2D eigenvalue weighted by molar-refractivity contribution is -0.168. The van der Waals surface area contributed by atoms with Crippen LogP contribution in [0.15, 0.2) is 24.3 Å². The molecule has 4 rings (SSSR count). The average Bonchev–Trinajstić information content (AvgIpc) is 3.18. The van der Waals surface area contributed by atoms with Gasteiger partial charge in [-0.2, -0.15) is 0 Å². The monoisotopic (exact) mass is 453 g/mol. The summed E-state index contributed by atoms with van der Waals surface area (Å²) < 4.78 is 0. The average molecular weight is 454 g/mol. The predicted octanol–water partition coefficient (Wildman–Crippen LogP) is 4.96. The van der Waals surface area contributed by atoms with Gasteiger partial charge in [0.25, 0.3) is 0 Å². The molecule has 170 valence electrons. The third kappa shape index (κ3) is 3.66. The van der Waals surface area contributed by atoms with E-state index in [1.165, 1.54) is 21.8 Å². The molecule has 1 N–H and O–H groups in total. The number of benzene rings is 1. The van der Waals surface area contributed by atoms with Gasteiger partial charge in [-0.15, -0.1) is 11.3 Å². The van der Waals surface area contributed by atoms with Crippen LogP contribution in [0.3, 0.4) is 0 Å². The molecule has 2 atom stereocenters. The molecule has 2 fully saturated rings. The Kier molecular flexibility index (Phi) is 5.74. The van der Waals surface area contributed by atoms with Gasteiger partial charge in [-0.05, 0) is 38.5 Å². The normalized spacial score (nSPS) is 24.2. The molecule has 3 amide bonds. The van der Waals surface area contributed by atoms with Crippen LogP contribution in [0.2, 0.25) is 0 Å². The lowest BCUT2D eigenvalue weighted by Gasteiger charge is -2.47. The lowest BCUT2D eigenvalue weighted by atomic mass is 9.62. The van der Waals surface area contributed by atoms with E-state index in [1.807, 2.05) is 58.9 Å². The number of nitrogens with zero attached hydrogens (tertiary/aromatic N) is 2. The summed E-state index contributed by atoms with van der Waals surface area (Å²) in [6.45, 7) is 10.4. The minimum atomic E-state index is -0.501. The predicted molar refractivity (Wildman–Crippen MR) is 126 cm³/mol. The van der Waals surface area contributed by atoms with Crippen molar-refractivity contribution in [3.63, 3.8) is 0 Å². The fourth-order valence-electron chi connectivity index (χ4n) is 5.12. The maximum Gasteiger partial charge on any atom is 0.235 e. The Morgan fingerprint density at radius 2 is 1.88 bits per heavy atom. The van der Waals surface area contributed by atoms with Gasteiger partial charge in [0.1, 0.15) is 0 Å². The van der Waals surface area contributed by atoms with E-state index >= 15 is 0 Å². The van der Waals surface area contributed by atoms with E-state index in [0.29, 0.717) is 18.1 Å². The van der Waals surface area contributed by atoms with Crippen molar-refractivity contribution in [2.24, 2.45) is 16.7 Å². The molecular weight excluding hydrogens is 422 g/mol. The molecule has 1 saturated carbocycles. The molecule has 2 bridgehead atoms. The zero-order chi connectivity index (χ0) is 23.3. The maximum absolute atomic E-state index is 13.1. The Hall–Kier alpha value is -2.54. The fourth-order valence-corrected chi connectivity index (χ4v) is 5.97. The van der Waals surface area contributed by atoms with Gasteiger partial charge < -0.3 is 5.32 Å². The zero-order valence-electron chi connectivity index (χ0n) is 19.4. The summed E-state index contributed by atoms with van der Waals surface area (Å²) in [5, 5.41) is 3.44. The highest BCUT2D eigenvalue weighted by Gasteiger charge is 2.64. The van der Waals surface area contributed by atoms with E-state index < -0.39 is 5.41 Å². The van der Waals surface area contributed by atoms with Gasteiger partial charge in [0.15, 0.2) is 5.13 Å². The lowest BCUT2D eigenvalue weighted by Crippen LogP contribution is -2.59. The number of likely N-dealkylation sites (tertiary alicyclic amines) is 1. The molecule has 2 aromatic rings. The van der Waals surface area contributed by atoms with E-state index in [-0.39, 0.29) is 35.5 Å². The van der Waals surface area contributed by atoms with Crippen LogP contribution in [0, 0.1) is 30.6 Å². The number of aromatic nitrogens is 1. The quantitative estimate of drug-likeness (QED) is 0.627. The summed E-state index contributed by atoms with van der Waals surface area (Å²) in [6, 6.07) is 8.15. The van der Waals surface area contributed by atoms with Crippen LogP contribution in [-0.4, -0.2) is 34.2 Å². The Bertz CT molecular complexity index is 1070. The Balaban J connectivity index is 1.34. The topological polar surface area (TPSA) is 79.4 Å². The second-order valence-corrected chi connectivity index (χ2v) is 11.1. The highest BCUT2D eigenvalue weighted by molar-refractivity contribution is 7.16. The number of carbonyl (C=O) groups is 3. The van der Waals surface area contributed by atoms with Crippen molar-refractivity contribution in [1.29, 1.82) is 0 Å². The van der Waals surface area contributed by atoms with Crippen molar-refractivity contribution >= 4 is 34.2 Å². The second-order valence-electron chi connectivity index (χ2n) is 9.88. The number of anilines is 1. The Morgan fingerprint density at radius 3 is 2.56 bits per heavy atom. The highest BCUT2D eigenvalue weighted by atomic mass is 32.1. The van der Waals surface area contributed by atoms with Gasteiger partial charge in [0, 0.05) is 29.3 Å². The van der Waals surface area contributed by atoms with Crippen LogP contribution in [-0.2, 0) is 14.4 Å². The van der Waals surface area contributed by atoms with Crippen molar-refractivity contribution in [1.82, 2.24) is 9.88 Å². The van der Waals surface area contributed by atoms with Gasteiger partial charge in [-0.25, -0.2) is 4.98 Å². The van der Waals surface area contributed by atoms with Gasteiger partial charge >= 0.3 is 0 Å². The molecule has 2 unspecified atom stereocenters. The number of carbonyl (C=O) groups excluding carboxylic acids is 3. The molecule has 2 heterocycles. The number of hydrogen-bond acceptors (Lipinski definition) is 5. The van der Waals surface area contributed by atoms with E-state index in [2.05, 4.69) is 10.3 Å². The van der Waals surface area contributed by atoms with Gasteiger partial charge in [0.2, 0.25) is 17.7 Å². The third-order valence-corrected chi connectivity index (χ3v) is 8.55. The number of aryl methyl sites for hydroxylation is 2. The smallest absolute Gasteiger partial charge is 0.235 e. The Labute approximate surface area is 193 Å². The van der Waals surface area contributed by atoms with Crippen LogP contribution >= 0.6 is 11.3 Å². The molecule has 1 aliphatic heterocycles. The number of thiazole rings is 1. The van der Waals surface area contributed by atoms with Crippen molar-refractivity contribution in [3.8, 4) is 11.3 Å². The van der Waals surface area contributed by atoms with Crippen molar-refractivity contribution < 1.29 is 14.4 Å². The summed E-state index contributed by atoms with van der Waals surface area (Å²) in [6.07, 6.45) is 2.19. The van der Waals surface area contributed by atoms with Gasteiger partial charge in [-0.3, -0.25) is 19.3 Å². The van der Waals surface area contributed by atoms with Crippen LogP contribution in [0.1, 0.15) is 56.9 Å². The standard InChI is InChI=1S/C25H31N3O3S/c1-15-8-10-17(11-9-15)20-16(2)32-23(27-20)26-19(29)7-6-14-28-21(30)18-12-13-25(5,22(28)31)24(18,3)4/h8-11,18H,6-7,12-14H2,1-5H3,(H,26,27,29). The van der Waals surface area contributed by atoms with Crippen molar-refractivity contribution in [2.45, 2.75) is 60.3 Å². The largest absolute Gasteiger partial charge is 0.302 e. The molecule has 7 heteroatoms. The number of imide groups is 1. The van der Waals surface area contributed by atoms with E-state index in [1.54, 1.807) is 0 Å². The molecule has 2 aliphatic rings. The molecule has 1 aromatic heterocycles. The number of rotatable bonds is 6. The minimum absolute atomic E-state index is 0.0753. The molecule has 0 radical (unpaired) electrons. The Morgan fingerprint density at radius 1 is 1.19 bits per heavy atom. The SMILES string of the molecule is Cc1ccc(-c2nc(NC(=O)CCCN3C(=O)C4CCC(C)(C3=O)C4(C)C)sc2C)cc1. The first-order valence-electron chi connectivity index (χ1n) is 11.2. The molecular formula is C25H31N3O3S. The third-order valence-electron chi connectivity index (χ3n) is 7.66. The van der Waals surface area contributed by atoms with Crippen LogP contribution in [0.5, 0.6) is 0 Å². The molecule has 32 heavy (non-hydrogen) atoms. The zero-order valence-corrected chi connectivity index (χ0v) is 20.3. The summed E-state index contributed by atoms with van der Waals surface area (Å²) in [5.74, 6) is -0.424. The summed E-state index contributed by atoms with van der Waals surface area (Å²) in [4.78, 5) is 45.5. The maximum atomic E-state index is 13.1. The second kappa shape index (κ2) is 8.10. The highest BCUT2D eigenvalue weighted by Crippen LogP contribution is 2.60. The molecule has 6 nitrogen and oxygen atoms in total. The van der Waals surface area contributed by atoms with Crippen LogP contribution < -0.4 is 5.32 Å². The molecule has 1 aromatic carbocycles. The number of fused-ring (bicyclic) bond motifs is 2. The number of nitrogens with one attached hydrogen (secondary N) is 1. The van der Waals surface area contributed by atoms with Gasteiger partial charge in [-0.1, -0.05) is 50.6 Å². The van der Waals surface area contributed by atoms with Gasteiger partial charge in [0.05, 0.1) is 11.1 Å². The first-order valence-corrected chi connectivity index (χ1v) is 12.1. The fraction of sp³-hybridized carbons (Fsp3) is 0.520. The number of piperidine rings is 1.